The second-order valence-corrected chi connectivity index (χ2v) is 14.1. The lowest BCUT2D eigenvalue weighted by atomic mass is 9.95. The molecule has 10 aromatic carbocycles. The fourth-order valence-electron chi connectivity index (χ4n) is 8.42. The van der Waals surface area contributed by atoms with E-state index in [1.165, 1.54) is 54.2 Å². The Hall–Kier alpha value is -7.16. The number of rotatable bonds is 5. The van der Waals surface area contributed by atoms with Crippen molar-refractivity contribution < 1.29 is 4.42 Å². The highest BCUT2D eigenvalue weighted by Crippen LogP contribution is 2.45. The maximum atomic E-state index is 6.62. The van der Waals surface area contributed by atoms with Gasteiger partial charge in [0, 0.05) is 33.3 Å². The zero-order chi connectivity index (χ0) is 35.6. The van der Waals surface area contributed by atoms with Crippen molar-refractivity contribution in [2.24, 2.45) is 0 Å². The van der Waals surface area contributed by atoms with E-state index in [9.17, 15) is 0 Å². The summed E-state index contributed by atoms with van der Waals surface area (Å²) in [4.78, 5) is 2.41. The van der Waals surface area contributed by atoms with Gasteiger partial charge < -0.3 is 9.32 Å². The molecule has 0 radical (unpaired) electrons. The van der Waals surface area contributed by atoms with Crippen LogP contribution >= 0.6 is 0 Å². The molecule has 0 atom stereocenters. The van der Waals surface area contributed by atoms with E-state index in [1.54, 1.807) is 0 Å². The molecule has 2 nitrogen and oxygen atoms in total. The van der Waals surface area contributed by atoms with Crippen LogP contribution in [-0.2, 0) is 0 Å². The first-order valence-electron chi connectivity index (χ1n) is 18.5. The second kappa shape index (κ2) is 12.2. The van der Waals surface area contributed by atoms with E-state index in [1.807, 2.05) is 0 Å². The molecule has 54 heavy (non-hydrogen) atoms. The van der Waals surface area contributed by atoms with Gasteiger partial charge in [-0.25, -0.2) is 0 Å². The molecule has 0 unspecified atom stereocenters. The maximum absolute atomic E-state index is 6.62. The topological polar surface area (TPSA) is 16.4 Å². The van der Waals surface area contributed by atoms with Crippen LogP contribution in [0.25, 0.3) is 87.3 Å². The van der Waals surface area contributed by atoms with E-state index in [-0.39, 0.29) is 0 Å². The summed E-state index contributed by atoms with van der Waals surface area (Å²) >= 11 is 0. The number of anilines is 3. The van der Waals surface area contributed by atoms with Gasteiger partial charge in [-0.2, -0.15) is 0 Å². The molecule has 0 saturated carbocycles. The summed E-state index contributed by atoms with van der Waals surface area (Å²) in [5.74, 6) is 0. The van der Waals surface area contributed by atoms with Crippen LogP contribution in [0.4, 0.5) is 17.1 Å². The average molecular weight is 688 g/mol. The minimum Gasteiger partial charge on any atom is -0.455 e. The first-order chi connectivity index (χ1) is 26.8. The predicted molar refractivity (Wildman–Crippen MR) is 229 cm³/mol. The maximum Gasteiger partial charge on any atom is 0.143 e. The molecule has 2 heteroatoms. The van der Waals surface area contributed by atoms with Crippen LogP contribution in [0.3, 0.4) is 0 Å². The molecule has 11 rings (SSSR count). The number of furan rings is 1. The monoisotopic (exact) mass is 687 g/mol. The Labute approximate surface area is 312 Å². The number of benzene rings is 10. The van der Waals surface area contributed by atoms with Gasteiger partial charge in [-0.05, 0) is 96.7 Å². The van der Waals surface area contributed by atoms with Gasteiger partial charge in [-0.3, -0.25) is 0 Å². The standard InChI is InChI=1S/C52H33NO/c1-2-14-38-33-51-49(32-37(38)13-1)48-21-10-19-45(52(48)54-51)36-25-27-40(28-26-36)53(41-29-30-44-39(31-41)24-23-35-12-4-5-16-42(35)44)50-22-8-7-18-47(50)46-20-9-15-34-11-3-6-17-43(34)46/h1-33H. The van der Waals surface area contributed by atoms with Gasteiger partial charge >= 0.3 is 0 Å². The highest BCUT2D eigenvalue weighted by atomic mass is 16.3. The highest BCUT2D eigenvalue weighted by molar-refractivity contribution is 6.13. The van der Waals surface area contributed by atoms with Crippen molar-refractivity contribution in [2.45, 2.75) is 0 Å². The Bertz CT molecular complexity index is 3220. The van der Waals surface area contributed by atoms with Crippen LogP contribution in [-0.4, -0.2) is 0 Å². The normalized spacial score (nSPS) is 11.7. The molecule has 0 N–H and O–H groups in total. The molecule has 0 fully saturated rings. The molecule has 0 aliphatic carbocycles. The van der Waals surface area contributed by atoms with E-state index in [2.05, 4.69) is 205 Å². The van der Waals surface area contributed by atoms with Gasteiger partial charge in [0.15, 0.2) is 0 Å². The van der Waals surface area contributed by atoms with Crippen LogP contribution in [0.5, 0.6) is 0 Å². The first-order valence-corrected chi connectivity index (χ1v) is 18.5. The summed E-state index contributed by atoms with van der Waals surface area (Å²) < 4.78 is 6.62. The lowest BCUT2D eigenvalue weighted by molar-refractivity contribution is 0.670. The molecule has 0 amide bonds. The molecule has 252 valence electrons. The van der Waals surface area contributed by atoms with Crippen molar-refractivity contribution in [2.75, 3.05) is 4.90 Å². The Balaban J connectivity index is 1.09. The van der Waals surface area contributed by atoms with Crippen LogP contribution in [0.15, 0.2) is 205 Å². The minimum absolute atomic E-state index is 0.910. The third-order valence-corrected chi connectivity index (χ3v) is 11.0. The molecule has 0 saturated heterocycles. The van der Waals surface area contributed by atoms with Crippen molar-refractivity contribution in [3.63, 3.8) is 0 Å². The van der Waals surface area contributed by atoms with E-state index >= 15 is 0 Å². The molecule has 1 aromatic heterocycles. The number of fused-ring (bicyclic) bond motifs is 8. The molecule has 11 aromatic rings. The van der Waals surface area contributed by atoms with Crippen LogP contribution in [0.2, 0.25) is 0 Å². The second-order valence-electron chi connectivity index (χ2n) is 14.1. The molecule has 0 spiro atoms. The number of nitrogens with zero attached hydrogens (tertiary/aromatic N) is 1. The molecule has 0 aliphatic rings. The van der Waals surface area contributed by atoms with E-state index in [0.29, 0.717) is 0 Å². The number of hydrogen-bond donors (Lipinski definition) is 0. The summed E-state index contributed by atoms with van der Waals surface area (Å²) in [6.45, 7) is 0. The SMILES string of the molecule is c1ccc(N(c2ccc(-c3cccc4c3oc3cc5ccccc5cc34)cc2)c2ccc3c(ccc4ccccc43)c2)c(-c2cccc3ccccc23)c1. The molecule has 0 aliphatic heterocycles. The Morgan fingerprint density at radius 3 is 1.74 bits per heavy atom. The van der Waals surface area contributed by atoms with E-state index in [0.717, 1.165) is 50.1 Å². The van der Waals surface area contributed by atoms with E-state index in [4.69, 9.17) is 4.42 Å². The average Bonchev–Trinajstić information content (AvgIpc) is 3.60. The smallest absolute Gasteiger partial charge is 0.143 e. The Morgan fingerprint density at radius 2 is 0.889 bits per heavy atom. The predicted octanol–water partition coefficient (Wildman–Crippen LogP) is 15.0. The van der Waals surface area contributed by atoms with Gasteiger partial charge in [0.2, 0.25) is 0 Å². The van der Waals surface area contributed by atoms with Gasteiger partial charge in [-0.1, -0.05) is 158 Å². The van der Waals surface area contributed by atoms with Gasteiger partial charge in [0.05, 0.1) is 5.69 Å². The van der Waals surface area contributed by atoms with Crippen LogP contribution in [0.1, 0.15) is 0 Å². The third kappa shape index (κ3) is 4.88. The minimum atomic E-state index is 0.910. The molecular formula is C52H33NO. The fraction of sp³-hybridized carbons (Fsp3) is 0. The van der Waals surface area contributed by atoms with Crippen LogP contribution < -0.4 is 4.90 Å². The summed E-state index contributed by atoms with van der Waals surface area (Å²) in [7, 11) is 0. The number of hydrogen-bond acceptors (Lipinski definition) is 2. The quantitative estimate of drug-likeness (QED) is 0.168. The van der Waals surface area contributed by atoms with Gasteiger partial charge in [-0.15, -0.1) is 0 Å². The van der Waals surface area contributed by atoms with Gasteiger partial charge in [0.25, 0.3) is 0 Å². The summed E-state index contributed by atoms with van der Waals surface area (Å²) in [5.41, 5.74) is 9.70. The van der Waals surface area contributed by atoms with Gasteiger partial charge in [0.1, 0.15) is 11.2 Å². The largest absolute Gasteiger partial charge is 0.455 e. The fourth-order valence-corrected chi connectivity index (χ4v) is 8.42. The molecular weight excluding hydrogens is 655 g/mol. The summed E-state index contributed by atoms with van der Waals surface area (Å²) in [5, 5.41) is 12.1. The first kappa shape index (κ1) is 30.5. The molecule has 1 heterocycles. The zero-order valence-electron chi connectivity index (χ0n) is 29.4. The van der Waals surface area contributed by atoms with Crippen molar-refractivity contribution >= 4 is 82.1 Å². The van der Waals surface area contributed by atoms with Crippen molar-refractivity contribution in [3.8, 4) is 22.3 Å². The van der Waals surface area contributed by atoms with Crippen molar-refractivity contribution in [3.05, 3.63) is 200 Å². The zero-order valence-corrected chi connectivity index (χ0v) is 29.4. The molecule has 0 bridgehead atoms. The lowest BCUT2D eigenvalue weighted by Gasteiger charge is -2.28. The Kier molecular flexibility index (Phi) is 6.90. The summed E-state index contributed by atoms with van der Waals surface area (Å²) in [6.07, 6.45) is 0. The summed E-state index contributed by atoms with van der Waals surface area (Å²) in [6, 6.07) is 72.3. The third-order valence-electron chi connectivity index (χ3n) is 11.0. The number of para-hydroxylation sites is 2. The highest BCUT2D eigenvalue weighted by Gasteiger charge is 2.20. The Morgan fingerprint density at radius 1 is 0.315 bits per heavy atom. The van der Waals surface area contributed by atoms with E-state index < -0.39 is 0 Å². The van der Waals surface area contributed by atoms with Crippen molar-refractivity contribution in [1.82, 2.24) is 0 Å². The lowest BCUT2D eigenvalue weighted by Crippen LogP contribution is -2.11. The van der Waals surface area contributed by atoms with Crippen molar-refractivity contribution in [1.29, 1.82) is 0 Å². The van der Waals surface area contributed by atoms with Crippen LogP contribution in [0, 0.1) is 0 Å².